The van der Waals surface area contributed by atoms with Crippen molar-refractivity contribution >= 4 is 0 Å². The van der Waals surface area contributed by atoms with Crippen molar-refractivity contribution in [3.8, 4) is 11.5 Å². The van der Waals surface area contributed by atoms with Crippen LogP contribution in [-0.4, -0.2) is 16.8 Å². The van der Waals surface area contributed by atoms with Gasteiger partial charge in [-0.3, -0.25) is 0 Å². The molecular formula is C27H42N2O2. The van der Waals surface area contributed by atoms with Crippen LogP contribution in [0.25, 0.3) is 0 Å². The topological polar surface area (TPSA) is 78.5 Å². The minimum atomic E-state index is -0.201. The van der Waals surface area contributed by atoms with Gasteiger partial charge in [-0.15, -0.1) is 0 Å². The molecule has 0 aliphatic heterocycles. The van der Waals surface area contributed by atoms with Crippen molar-refractivity contribution in [2.75, 3.05) is 6.54 Å². The number of nitrogens with one attached hydrogen (secondary N) is 1. The van der Waals surface area contributed by atoms with Crippen LogP contribution in [0.4, 0.5) is 0 Å². The van der Waals surface area contributed by atoms with Gasteiger partial charge in [-0.05, 0) is 57.2 Å². The Kier molecular flexibility index (Phi) is 8.18. The molecule has 0 aromatic heterocycles. The fourth-order valence-electron chi connectivity index (χ4n) is 3.89. The van der Waals surface area contributed by atoms with Crippen molar-refractivity contribution in [2.24, 2.45) is 5.73 Å². The number of nitrogens with two attached hydrogens (primary N) is 1. The molecule has 0 atom stereocenters. The Balaban J connectivity index is 2.53. The van der Waals surface area contributed by atoms with Crippen LogP contribution < -0.4 is 11.1 Å². The number of hydrogen-bond acceptors (Lipinski definition) is 4. The third-order valence-electron chi connectivity index (χ3n) is 5.77. The van der Waals surface area contributed by atoms with E-state index in [-0.39, 0.29) is 10.8 Å². The highest BCUT2D eigenvalue weighted by Gasteiger charge is 2.24. The Bertz CT molecular complexity index is 890. The van der Waals surface area contributed by atoms with E-state index in [1.54, 1.807) is 0 Å². The van der Waals surface area contributed by atoms with E-state index in [0.717, 1.165) is 59.3 Å². The van der Waals surface area contributed by atoms with Crippen LogP contribution in [0.15, 0.2) is 24.3 Å². The number of benzene rings is 2. The molecule has 0 bridgehead atoms. The first kappa shape index (κ1) is 25.2. The lowest BCUT2D eigenvalue weighted by molar-refractivity contribution is 0.435. The molecule has 0 radical (unpaired) electrons. The lowest BCUT2D eigenvalue weighted by Crippen LogP contribution is -2.17. The highest BCUT2D eigenvalue weighted by Crippen LogP contribution is 2.39. The standard InChI is InChI=1S/C27H42N2O2/c1-8-9-10-29-17-19-12-21(25(31)23(14-19)27(5,6)7)15-20-11-18(16-28)13-22(24(20)30)26(2,3)4/h11-14,29-31H,8-10,15-17,28H2,1-7H3. The molecule has 0 spiro atoms. The minimum Gasteiger partial charge on any atom is -0.507 e. The summed E-state index contributed by atoms with van der Waals surface area (Å²) in [6, 6.07) is 8.13. The Morgan fingerprint density at radius 3 is 1.74 bits per heavy atom. The van der Waals surface area contributed by atoms with E-state index in [0.29, 0.717) is 24.5 Å². The van der Waals surface area contributed by atoms with Gasteiger partial charge in [-0.2, -0.15) is 0 Å². The molecule has 0 heterocycles. The SMILES string of the molecule is CCCCNCc1cc(Cc2cc(CN)cc(C(C)(C)C)c2O)c(O)c(C(C)(C)C)c1. The summed E-state index contributed by atoms with van der Waals surface area (Å²) in [4.78, 5) is 0. The zero-order valence-corrected chi connectivity index (χ0v) is 20.5. The van der Waals surface area contributed by atoms with E-state index in [4.69, 9.17) is 5.73 Å². The summed E-state index contributed by atoms with van der Waals surface area (Å²) in [6.07, 6.45) is 2.76. The third-order valence-corrected chi connectivity index (χ3v) is 5.77. The number of unbranched alkanes of at least 4 members (excludes halogenated alkanes) is 1. The predicted octanol–water partition coefficient (Wildman–Crippen LogP) is 5.63. The first-order chi connectivity index (χ1) is 14.4. The van der Waals surface area contributed by atoms with Gasteiger partial charge in [0.05, 0.1) is 0 Å². The molecule has 2 aromatic rings. The molecule has 0 aliphatic rings. The fourth-order valence-corrected chi connectivity index (χ4v) is 3.89. The van der Waals surface area contributed by atoms with Crippen LogP contribution in [0, 0.1) is 0 Å². The second kappa shape index (κ2) is 10.1. The van der Waals surface area contributed by atoms with Crippen molar-refractivity contribution < 1.29 is 10.2 Å². The largest absolute Gasteiger partial charge is 0.507 e. The van der Waals surface area contributed by atoms with Gasteiger partial charge in [0, 0.05) is 19.5 Å². The molecule has 0 unspecified atom stereocenters. The molecule has 0 saturated carbocycles. The first-order valence-corrected chi connectivity index (χ1v) is 11.5. The summed E-state index contributed by atoms with van der Waals surface area (Å²) in [7, 11) is 0. The van der Waals surface area contributed by atoms with Crippen LogP contribution in [0.1, 0.15) is 94.7 Å². The normalized spacial score (nSPS) is 12.4. The number of aromatic hydroxyl groups is 2. The molecule has 172 valence electrons. The Hall–Kier alpha value is -2.04. The Morgan fingerprint density at radius 2 is 1.29 bits per heavy atom. The molecule has 31 heavy (non-hydrogen) atoms. The van der Waals surface area contributed by atoms with E-state index in [1.165, 1.54) is 0 Å². The molecular weight excluding hydrogens is 384 g/mol. The number of rotatable bonds is 8. The maximum absolute atomic E-state index is 11.1. The maximum Gasteiger partial charge on any atom is 0.122 e. The van der Waals surface area contributed by atoms with Crippen molar-refractivity contribution in [1.29, 1.82) is 0 Å². The van der Waals surface area contributed by atoms with Crippen molar-refractivity contribution in [3.05, 3.63) is 57.6 Å². The molecule has 0 fully saturated rings. The van der Waals surface area contributed by atoms with Gasteiger partial charge >= 0.3 is 0 Å². The van der Waals surface area contributed by atoms with Crippen LogP contribution in [-0.2, 0) is 30.3 Å². The quantitative estimate of drug-likeness (QED) is 0.412. The van der Waals surface area contributed by atoms with Crippen LogP contribution >= 0.6 is 0 Å². The van der Waals surface area contributed by atoms with Crippen molar-refractivity contribution in [1.82, 2.24) is 5.32 Å². The van der Waals surface area contributed by atoms with Crippen LogP contribution in [0.3, 0.4) is 0 Å². The second-order valence-corrected chi connectivity index (χ2v) is 10.7. The van der Waals surface area contributed by atoms with Crippen LogP contribution in [0.2, 0.25) is 0 Å². The predicted molar refractivity (Wildman–Crippen MR) is 131 cm³/mol. The van der Waals surface area contributed by atoms with E-state index < -0.39 is 0 Å². The average Bonchev–Trinajstić information content (AvgIpc) is 2.67. The van der Waals surface area contributed by atoms with Gasteiger partial charge in [0.25, 0.3) is 0 Å². The number of phenolic OH excluding ortho intramolecular Hbond substituents is 2. The zero-order chi connectivity index (χ0) is 23.4. The second-order valence-electron chi connectivity index (χ2n) is 10.7. The molecule has 5 N–H and O–H groups in total. The molecule has 2 aromatic carbocycles. The lowest BCUT2D eigenvalue weighted by Gasteiger charge is -2.25. The Labute approximate surface area is 188 Å². The minimum absolute atomic E-state index is 0.185. The zero-order valence-electron chi connectivity index (χ0n) is 20.5. The van der Waals surface area contributed by atoms with Crippen molar-refractivity contribution in [2.45, 2.75) is 91.6 Å². The highest BCUT2D eigenvalue weighted by molar-refractivity contribution is 5.53. The third kappa shape index (κ3) is 6.47. The smallest absolute Gasteiger partial charge is 0.122 e. The first-order valence-electron chi connectivity index (χ1n) is 11.5. The summed E-state index contributed by atoms with van der Waals surface area (Å²) in [6.45, 7) is 16.9. The average molecular weight is 427 g/mol. The fraction of sp³-hybridized carbons (Fsp3) is 0.556. The summed E-state index contributed by atoms with van der Waals surface area (Å²) < 4.78 is 0. The van der Waals surface area contributed by atoms with E-state index in [2.05, 4.69) is 65.9 Å². The lowest BCUT2D eigenvalue weighted by atomic mass is 9.81. The molecule has 0 amide bonds. The van der Waals surface area contributed by atoms with E-state index >= 15 is 0 Å². The summed E-state index contributed by atoms with van der Waals surface area (Å²) in [5, 5.41) is 25.7. The summed E-state index contributed by atoms with van der Waals surface area (Å²) in [5.41, 5.74) is 11.2. The number of phenols is 2. The van der Waals surface area contributed by atoms with Gasteiger partial charge in [-0.1, -0.05) is 79.2 Å². The monoisotopic (exact) mass is 426 g/mol. The number of hydrogen-bond donors (Lipinski definition) is 4. The maximum atomic E-state index is 11.1. The highest BCUT2D eigenvalue weighted by atomic mass is 16.3. The summed E-state index contributed by atoms with van der Waals surface area (Å²) >= 11 is 0. The van der Waals surface area contributed by atoms with Gasteiger partial charge < -0.3 is 21.3 Å². The molecule has 0 aliphatic carbocycles. The van der Waals surface area contributed by atoms with E-state index in [9.17, 15) is 10.2 Å². The summed E-state index contributed by atoms with van der Waals surface area (Å²) in [5.74, 6) is 0.618. The van der Waals surface area contributed by atoms with Crippen LogP contribution in [0.5, 0.6) is 11.5 Å². The Morgan fingerprint density at radius 1 is 0.806 bits per heavy atom. The molecule has 0 saturated heterocycles. The molecule has 4 nitrogen and oxygen atoms in total. The van der Waals surface area contributed by atoms with E-state index in [1.807, 2.05) is 12.1 Å². The van der Waals surface area contributed by atoms with Crippen molar-refractivity contribution in [3.63, 3.8) is 0 Å². The molecule has 2 rings (SSSR count). The van der Waals surface area contributed by atoms with Gasteiger partial charge in [-0.25, -0.2) is 0 Å². The van der Waals surface area contributed by atoms with Gasteiger partial charge in [0.15, 0.2) is 0 Å². The molecule has 4 heteroatoms. The van der Waals surface area contributed by atoms with Gasteiger partial charge in [0.1, 0.15) is 11.5 Å². The van der Waals surface area contributed by atoms with Gasteiger partial charge in [0.2, 0.25) is 0 Å².